The monoisotopic (exact) mass is 378 g/mol. The summed E-state index contributed by atoms with van der Waals surface area (Å²) in [6.45, 7) is 7.70. The number of nitrogens with zero attached hydrogens (tertiary/aromatic N) is 3. The summed E-state index contributed by atoms with van der Waals surface area (Å²) in [5.41, 5.74) is 2.91. The molecule has 0 atom stereocenters. The van der Waals surface area contributed by atoms with Crippen LogP contribution in [0.2, 0.25) is 0 Å². The third-order valence-corrected chi connectivity index (χ3v) is 5.01. The van der Waals surface area contributed by atoms with Gasteiger partial charge in [-0.1, -0.05) is 55.8 Å². The molecule has 5 nitrogen and oxygen atoms in total. The number of piperazine rings is 1. The average molecular weight is 379 g/mol. The molecule has 3 rings (SSSR count). The number of unbranched alkanes of at least 4 members (excludes halogenated alkanes) is 1. The minimum absolute atomic E-state index is 0.0347. The van der Waals surface area contributed by atoms with E-state index in [1.807, 2.05) is 18.3 Å². The molecular formula is C23H30N4O. The van der Waals surface area contributed by atoms with E-state index in [1.54, 1.807) is 6.20 Å². The van der Waals surface area contributed by atoms with Gasteiger partial charge in [0.05, 0.1) is 17.4 Å². The van der Waals surface area contributed by atoms with E-state index in [9.17, 15) is 4.79 Å². The zero-order chi connectivity index (χ0) is 19.6. The van der Waals surface area contributed by atoms with E-state index >= 15 is 0 Å². The Labute approximate surface area is 168 Å². The Kier molecular flexibility index (Phi) is 7.62. The first-order valence-corrected chi connectivity index (χ1v) is 10.2. The minimum Gasteiger partial charge on any atom is -0.368 e. The van der Waals surface area contributed by atoms with Crippen LogP contribution in [0.4, 0.5) is 5.69 Å². The number of anilines is 1. The first-order chi connectivity index (χ1) is 13.8. The Hall–Kier alpha value is -2.66. The quantitative estimate of drug-likeness (QED) is 0.715. The lowest BCUT2D eigenvalue weighted by molar-refractivity contribution is 0.0953. The van der Waals surface area contributed by atoms with Crippen LogP contribution < -0.4 is 10.2 Å². The van der Waals surface area contributed by atoms with Crippen molar-refractivity contribution in [1.29, 1.82) is 0 Å². The van der Waals surface area contributed by atoms with Gasteiger partial charge in [0.25, 0.3) is 5.91 Å². The molecule has 1 aliphatic rings. The van der Waals surface area contributed by atoms with Gasteiger partial charge in [-0.2, -0.15) is 0 Å². The third kappa shape index (κ3) is 5.92. The first kappa shape index (κ1) is 20.1. The Morgan fingerprint density at radius 2 is 1.93 bits per heavy atom. The summed E-state index contributed by atoms with van der Waals surface area (Å²) < 4.78 is 0. The van der Waals surface area contributed by atoms with Gasteiger partial charge in [-0.3, -0.25) is 14.7 Å². The maximum Gasteiger partial charge on any atom is 0.252 e. The number of carbonyl (C=O) groups is 1. The fourth-order valence-electron chi connectivity index (χ4n) is 3.30. The second-order valence-corrected chi connectivity index (χ2v) is 7.14. The molecule has 2 heterocycles. The molecule has 148 valence electrons. The molecular weight excluding hydrogens is 348 g/mol. The standard InChI is InChI=1S/C23H30N4O/c1-2-3-11-25-23(28)21-17-22(19-24-18-21)27-15-13-26(14-16-27)12-7-10-20-8-5-4-6-9-20/h4-10,17-19H,2-3,11-16H2,1H3,(H,25,28)/b10-7+. The summed E-state index contributed by atoms with van der Waals surface area (Å²) in [4.78, 5) is 21.3. The summed E-state index contributed by atoms with van der Waals surface area (Å²) in [5.74, 6) is -0.0347. The maximum atomic E-state index is 12.3. The lowest BCUT2D eigenvalue weighted by atomic mass is 10.2. The van der Waals surface area contributed by atoms with Gasteiger partial charge in [0.15, 0.2) is 0 Å². The van der Waals surface area contributed by atoms with Crippen molar-refractivity contribution >= 4 is 17.7 Å². The van der Waals surface area contributed by atoms with Gasteiger partial charge in [0.1, 0.15) is 0 Å². The van der Waals surface area contributed by atoms with Crippen molar-refractivity contribution in [3.63, 3.8) is 0 Å². The molecule has 1 amide bonds. The van der Waals surface area contributed by atoms with Gasteiger partial charge in [-0.15, -0.1) is 0 Å². The summed E-state index contributed by atoms with van der Waals surface area (Å²) in [7, 11) is 0. The normalized spacial score (nSPS) is 15.1. The number of nitrogens with one attached hydrogen (secondary N) is 1. The Balaban J connectivity index is 1.48. The van der Waals surface area contributed by atoms with Gasteiger partial charge in [-0.05, 0) is 18.1 Å². The van der Waals surface area contributed by atoms with Crippen LogP contribution in [0.5, 0.6) is 0 Å². The topological polar surface area (TPSA) is 48.5 Å². The van der Waals surface area contributed by atoms with Crippen molar-refractivity contribution < 1.29 is 4.79 Å². The average Bonchev–Trinajstić information content (AvgIpc) is 2.75. The fraction of sp³-hybridized carbons (Fsp3) is 0.391. The highest BCUT2D eigenvalue weighted by Crippen LogP contribution is 2.17. The molecule has 0 unspecified atom stereocenters. The molecule has 1 fully saturated rings. The SMILES string of the molecule is CCCCNC(=O)c1cncc(N2CCN(C/C=C/c3ccccc3)CC2)c1. The van der Waals surface area contributed by atoms with E-state index in [0.717, 1.165) is 51.3 Å². The van der Waals surface area contributed by atoms with Crippen LogP contribution in [0.15, 0.2) is 54.9 Å². The van der Waals surface area contributed by atoms with E-state index in [-0.39, 0.29) is 5.91 Å². The number of pyridine rings is 1. The number of amides is 1. The predicted octanol–water partition coefficient (Wildman–Crippen LogP) is 3.45. The zero-order valence-electron chi connectivity index (χ0n) is 16.7. The Morgan fingerprint density at radius 1 is 1.14 bits per heavy atom. The summed E-state index contributed by atoms with van der Waals surface area (Å²) in [5, 5.41) is 2.96. The van der Waals surface area contributed by atoms with Crippen molar-refractivity contribution in [2.45, 2.75) is 19.8 Å². The molecule has 0 aliphatic carbocycles. The van der Waals surface area contributed by atoms with Crippen molar-refractivity contribution in [2.75, 3.05) is 44.2 Å². The van der Waals surface area contributed by atoms with Crippen LogP contribution in [0.3, 0.4) is 0 Å². The van der Waals surface area contributed by atoms with Gasteiger partial charge in [0, 0.05) is 45.5 Å². The van der Waals surface area contributed by atoms with Crippen LogP contribution >= 0.6 is 0 Å². The van der Waals surface area contributed by atoms with E-state index in [1.165, 1.54) is 5.56 Å². The second kappa shape index (κ2) is 10.6. The van der Waals surface area contributed by atoms with Crippen molar-refractivity contribution in [1.82, 2.24) is 15.2 Å². The van der Waals surface area contributed by atoms with Gasteiger partial charge in [0.2, 0.25) is 0 Å². The lowest BCUT2D eigenvalue weighted by Gasteiger charge is -2.35. The van der Waals surface area contributed by atoms with Crippen LogP contribution in [0.25, 0.3) is 6.08 Å². The van der Waals surface area contributed by atoms with Crippen LogP contribution in [0.1, 0.15) is 35.7 Å². The number of rotatable bonds is 8. The molecule has 2 aromatic rings. The van der Waals surface area contributed by atoms with Crippen LogP contribution in [0, 0.1) is 0 Å². The van der Waals surface area contributed by atoms with Crippen molar-refractivity contribution in [3.05, 3.63) is 66.0 Å². The summed E-state index contributed by atoms with van der Waals surface area (Å²) in [6, 6.07) is 12.4. The highest BCUT2D eigenvalue weighted by Gasteiger charge is 2.17. The van der Waals surface area contributed by atoms with Gasteiger partial charge >= 0.3 is 0 Å². The number of hydrogen-bond donors (Lipinski definition) is 1. The molecule has 1 N–H and O–H groups in total. The molecule has 5 heteroatoms. The van der Waals surface area contributed by atoms with Crippen LogP contribution in [-0.2, 0) is 0 Å². The van der Waals surface area contributed by atoms with Crippen molar-refractivity contribution in [3.8, 4) is 0 Å². The first-order valence-electron chi connectivity index (χ1n) is 10.2. The molecule has 28 heavy (non-hydrogen) atoms. The molecule has 0 saturated carbocycles. The van der Waals surface area contributed by atoms with Gasteiger partial charge in [-0.25, -0.2) is 0 Å². The molecule has 1 saturated heterocycles. The highest BCUT2D eigenvalue weighted by atomic mass is 16.1. The van der Waals surface area contributed by atoms with E-state index in [0.29, 0.717) is 12.1 Å². The zero-order valence-corrected chi connectivity index (χ0v) is 16.7. The number of hydrogen-bond acceptors (Lipinski definition) is 4. The number of carbonyl (C=O) groups excluding carboxylic acids is 1. The second-order valence-electron chi connectivity index (χ2n) is 7.14. The number of aromatic nitrogens is 1. The molecule has 0 radical (unpaired) electrons. The van der Waals surface area contributed by atoms with E-state index in [2.05, 4.69) is 63.4 Å². The maximum absolute atomic E-state index is 12.3. The predicted molar refractivity (Wildman–Crippen MR) is 116 cm³/mol. The molecule has 1 aliphatic heterocycles. The van der Waals surface area contributed by atoms with Crippen LogP contribution in [-0.4, -0.2) is 55.1 Å². The molecule has 0 spiro atoms. The molecule has 1 aromatic heterocycles. The molecule has 0 bridgehead atoms. The van der Waals surface area contributed by atoms with Crippen molar-refractivity contribution in [2.24, 2.45) is 0 Å². The smallest absolute Gasteiger partial charge is 0.252 e. The van der Waals surface area contributed by atoms with Gasteiger partial charge < -0.3 is 10.2 Å². The Bertz CT molecular complexity index is 767. The number of benzene rings is 1. The lowest BCUT2D eigenvalue weighted by Crippen LogP contribution is -2.46. The minimum atomic E-state index is -0.0347. The Morgan fingerprint density at radius 3 is 2.68 bits per heavy atom. The van der Waals surface area contributed by atoms with E-state index < -0.39 is 0 Å². The highest BCUT2D eigenvalue weighted by molar-refractivity contribution is 5.94. The summed E-state index contributed by atoms with van der Waals surface area (Å²) in [6.07, 6.45) is 9.98. The third-order valence-electron chi connectivity index (χ3n) is 5.01. The van der Waals surface area contributed by atoms with E-state index in [4.69, 9.17) is 0 Å². The fourth-order valence-corrected chi connectivity index (χ4v) is 3.30. The molecule has 1 aromatic carbocycles. The largest absolute Gasteiger partial charge is 0.368 e. The summed E-state index contributed by atoms with van der Waals surface area (Å²) >= 11 is 0.